The summed E-state index contributed by atoms with van der Waals surface area (Å²) in [5.74, 6) is 0.743. The molecule has 0 atom stereocenters. The monoisotopic (exact) mass is 201 g/mol. The molecule has 1 aromatic rings. The predicted molar refractivity (Wildman–Crippen MR) is 53.5 cm³/mol. The maximum atomic E-state index is 5.95. The fourth-order valence-electron chi connectivity index (χ4n) is 0.916. The molecule has 1 N–H and O–H groups in total. The Balaban J connectivity index is 2.73. The van der Waals surface area contributed by atoms with Crippen molar-refractivity contribution in [3.05, 3.63) is 23.2 Å². The van der Waals surface area contributed by atoms with Crippen molar-refractivity contribution in [2.75, 3.05) is 26.3 Å². The van der Waals surface area contributed by atoms with Crippen molar-refractivity contribution in [1.82, 2.24) is 0 Å². The summed E-state index contributed by atoms with van der Waals surface area (Å²) in [6.45, 7) is 0.437. The van der Waals surface area contributed by atoms with Crippen molar-refractivity contribution in [2.24, 2.45) is 0 Å². The van der Waals surface area contributed by atoms with E-state index < -0.39 is 0 Å². The smallest absolute Gasteiger partial charge is 0.120 e. The fraction of sp³-hybridized carbons (Fsp3) is 0.333. The highest BCUT2D eigenvalue weighted by Crippen LogP contribution is 2.26. The Morgan fingerprint density at radius 3 is 2.69 bits per heavy atom. The van der Waals surface area contributed by atoms with Gasteiger partial charge in [-0.15, -0.1) is 0 Å². The molecule has 0 aliphatic heterocycles. The topological polar surface area (TPSA) is 30.5 Å². The molecule has 0 heterocycles. The van der Waals surface area contributed by atoms with Crippen LogP contribution in [-0.2, 0) is 4.74 Å². The second kappa shape index (κ2) is 4.94. The van der Waals surface area contributed by atoms with Crippen LogP contribution in [0.4, 0.5) is 5.69 Å². The van der Waals surface area contributed by atoms with Gasteiger partial charge in [-0.3, -0.25) is 0 Å². The highest BCUT2D eigenvalue weighted by atomic mass is 35.5. The lowest BCUT2D eigenvalue weighted by Crippen LogP contribution is -2.03. The zero-order chi connectivity index (χ0) is 9.68. The van der Waals surface area contributed by atoms with Gasteiger partial charge in [-0.05, 0) is 12.1 Å². The Bertz CT molecular complexity index is 278. The van der Waals surface area contributed by atoms with Gasteiger partial charge in [-0.25, -0.2) is 0 Å². The minimum Gasteiger partial charge on any atom is -0.497 e. The van der Waals surface area contributed by atoms with Gasteiger partial charge in [-0.1, -0.05) is 11.6 Å². The summed E-state index contributed by atoms with van der Waals surface area (Å²) in [6.07, 6.45) is 0. The quantitative estimate of drug-likeness (QED) is 0.759. The molecule has 0 amide bonds. The van der Waals surface area contributed by atoms with E-state index in [1.165, 1.54) is 0 Å². The van der Waals surface area contributed by atoms with E-state index in [0.29, 0.717) is 11.8 Å². The standard InChI is InChI=1S/C9H12ClNO2/c1-12-6-11-9-4-3-7(13-2)5-8(9)10/h3-5,11H,6H2,1-2H3. The minimum atomic E-state index is 0.437. The van der Waals surface area contributed by atoms with E-state index in [-0.39, 0.29) is 0 Å². The molecule has 0 saturated heterocycles. The summed E-state index contributed by atoms with van der Waals surface area (Å²) in [7, 11) is 3.22. The number of hydrogen-bond donors (Lipinski definition) is 1. The molecule has 0 unspecified atom stereocenters. The fourth-order valence-corrected chi connectivity index (χ4v) is 1.15. The Hall–Kier alpha value is -0.930. The second-order valence-electron chi connectivity index (χ2n) is 2.46. The van der Waals surface area contributed by atoms with Crippen LogP contribution in [0.3, 0.4) is 0 Å². The van der Waals surface area contributed by atoms with Gasteiger partial charge in [0.1, 0.15) is 12.5 Å². The van der Waals surface area contributed by atoms with Gasteiger partial charge in [0, 0.05) is 13.2 Å². The molecule has 0 aromatic heterocycles. The van der Waals surface area contributed by atoms with Crippen LogP contribution >= 0.6 is 11.6 Å². The number of methoxy groups -OCH3 is 2. The number of benzene rings is 1. The maximum absolute atomic E-state index is 5.95. The lowest BCUT2D eigenvalue weighted by atomic mass is 10.3. The highest BCUT2D eigenvalue weighted by molar-refractivity contribution is 6.33. The Morgan fingerprint density at radius 2 is 2.15 bits per heavy atom. The van der Waals surface area contributed by atoms with Gasteiger partial charge >= 0.3 is 0 Å². The molecule has 0 fully saturated rings. The third-order valence-electron chi connectivity index (χ3n) is 1.58. The van der Waals surface area contributed by atoms with E-state index in [1.807, 2.05) is 12.1 Å². The molecule has 0 spiro atoms. The first-order chi connectivity index (χ1) is 6.27. The third kappa shape index (κ3) is 2.79. The molecular formula is C9H12ClNO2. The van der Waals surface area contributed by atoms with Crippen LogP contribution in [0, 0.1) is 0 Å². The van der Waals surface area contributed by atoms with Gasteiger partial charge in [0.05, 0.1) is 17.8 Å². The molecule has 3 nitrogen and oxygen atoms in total. The third-order valence-corrected chi connectivity index (χ3v) is 1.90. The predicted octanol–water partition coefficient (Wildman–Crippen LogP) is 2.36. The first-order valence-electron chi connectivity index (χ1n) is 3.84. The van der Waals surface area contributed by atoms with Crippen LogP contribution in [0.2, 0.25) is 5.02 Å². The summed E-state index contributed by atoms with van der Waals surface area (Å²) >= 11 is 5.95. The number of ether oxygens (including phenoxy) is 2. The largest absolute Gasteiger partial charge is 0.497 e. The Morgan fingerprint density at radius 1 is 1.38 bits per heavy atom. The van der Waals surface area contributed by atoms with Gasteiger partial charge < -0.3 is 14.8 Å². The van der Waals surface area contributed by atoms with E-state index in [1.54, 1.807) is 20.3 Å². The van der Waals surface area contributed by atoms with Crippen LogP contribution in [0.15, 0.2) is 18.2 Å². The van der Waals surface area contributed by atoms with Crippen molar-refractivity contribution in [3.63, 3.8) is 0 Å². The molecule has 4 heteroatoms. The molecule has 0 aliphatic rings. The van der Waals surface area contributed by atoms with Crippen molar-refractivity contribution >= 4 is 17.3 Å². The summed E-state index contributed by atoms with van der Waals surface area (Å²) in [4.78, 5) is 0. The van der Waals surface area contributed by atoms with Crippen molar-refractivity contribution in [3.8, 4) is 5.75 Å². The first-order valence-corrected chi connectivity index (χ1v) is 4.22. The number of hydrogen-bond acceptors (Lipinski definition) is 3. The van der Waals surface area contributed by atoms with Crippen molar-refractivity contribution in [1.29, 1.82) is 0 Å². The van der Waals surface area contributed by atoms with E-state index in [2.05, 4.69) is 5.32 Å². The number of halogens is 1. The van der Waals surface area contributed by atoms with Gasteiger partial charge in [-0.2, -0.15) is 0 Å². The Labute approximate surface area is 82.6 Å². The lowest BCUT2D eigenvalue weighted by molar-refractivity contribution is 0.221. The zero-order valence-corrected chi connectivity index (χ0v) is 8.39. The first kappa shape index (κ1) is 10.2. The molecule has 1 rings (SSSR count). The van der Waals surface area contributed by atoms with Crippen molar-refractivity contribution < 1.29 is 9.47 Å². The van der Waals surface area contributed by atoms with Gasteiger partial charge in [0.2, 0.25) is 0 Å². The van der Waals surface area contributed by atoms with Gasteiger partial charge in [0.15, 0.2) is 0 Å². The summed E-state index contributed by atoms with van der Waals surface area (Å²) in [5, 5.41) is 3.63. The summed E-state index contributed by atoms with van der Waals surface area (Å²) in [5.41, 5.74) is 0.837. The highest BCUT2D eigenvalue weighted by Gasteiger charge is 2.00. The van der Waals surface area contributed by atoms with E-state index in [0.717, 1.165) is 11.4 Å². The lowest BCUT2D eigenvalue weighted by Gasteiger charge is -2.08. The molecule has 0 radical (unpaired) electrons. The molecular weight excluding hydrogens is 190 g/mol. The molecule has 72 valence electrons. The average Bonchev–Trinajstić information content (AvgIpc) is 2.16. The molecule has 0 bridgehead atoms. The maximum Gasteiger partial charge on any atom is 0.120 e. The Kier molecular flexibility index (Phi) is 3.86. The van der Waals surface area contributed by atoms with Crippen molar-refractivity contribution in [2.45, 2.75) is 0 Å². The van der Waals surface area contributed by atoms with E-state index in [9.17, 15) is 0 Å². The van der Waals surface area contributed by atoms with E-state index in [4.69, 9.17) is 21.1 Å². The van der Waals surface area contributed by atoms with Crippen LogP contribution in [0.1, 0.15) is 0 Å². The average molecular weight is 202 g/mol. The normalized spacial score (nSPS) is 9.77. The van der Waals surface area contributed by atoms with Crippen LogP contribution in [0.25, 0.3) is 0 Å². The molecule has 0 aliphatic carbocycles. The minimum absolute atomic E-state index is 0.437. The zero-order valence-electron chi connectivity index (χ0n) is 7.63. The van der Waals surface area contributed by atoms with Crippen LogP contribution in [-0.4, -0.2) is 21.0 Å². The summed E-state index contributed by atoms with van der Waals surface area (Å²) < 4.78 is 9.87. The number of rotatable bonds is 4. The van der Waals surface area contributed by atoms with Crippen LogP contribution in [0.5, 0.6) is 5.75 Å². The molecule has 0 saturated carbocycles. The molecule has 1 aromatic carbocycles. The second-order valence-corrected chi connectivity index (χ2v) is 2.86. The van der Waals surface area contributed by atoms with E-state index >= 15 is 0 Å². The summed E-state index contributed by atoms with van der Waals surface area (Å²) in [6, 6.07) is 5.43. The van der Waals surface area contributed by atoms with Gasteiger partial charge in [0.25, 0.3) is 0 Å². The van der Waals surface area contributed by atoms with Crippen LogP contribution < -0.4 is 10.1 Å². The number of nitrogens with one attached hydrogen (secondary N) is 1. The number of anilines is 1. The molecule has 13 heavy (non-hydrogen) atoms. The SMILES string of the molecule is COCNc1ccc(OC)cc1Cl.